The van der Waals surface area contributed by atoms with E-state index in [2.05, 4.69) is 10.3 Å². The van der Waals surface area contributed by atoms with Crippen LogP contribution >= 0.6 is 22.9 Å². The predicted molar refractivity (Wildman–Crippen MR) is 58.7 cm³/mol. The molecule has 0 aliphatic heterocycles. The van der Waals surface area contributed by atoms with Crippen LogP contribution in [0.2, 0.25) is 0 Å². The number of nitrogens with zero attached hydrogens (tertiary/aromatic N) is 1. The van der Waals surface area contributed by atoms with Crippen molar-refractivity contribution in [2.75, 3.05) is 0 Å². The van der Waals surface area contributed by atoms with E-state index in [9.17, 15) is 4.79 Å². The van der Waals surface area contributed by atoms with Gasteiger partial charge < -0.3 is 5.32 Å². The van der Waals surface area contributed by atoms with Gasteiger partial charge in [-0.2, -0.15) is 0 Å². The van der Waals surface area contributed by atoms with Gasteiger partial charge in [-0.25, -0.2) is 4.98 Å². The SMILES string of the molecule is Cc1nc(C(Cl)C(=O)NC(C)C)cs1. The summed E-state index contributed by atoms with van der Waals surface area (Å²) in [5, 5.41) is 4.80. The Morgan fingerprint density at radius 2 is 2.29 bits per heavy atom. The number of halogens is 1. The number of hydrogen-bond donors (Lipinski definition) is 1. The molecule has 1 N–H and O–H groups in total. The Hall–Kier alpha value is -0.610. The van der Waals surface area contributed by atoms with Crippen LogP contribution in [0.5, 0.6) is 0 Å². The highest BCUT2D eigenvalue weighted by Crippen LogP contribution is 2.22. The van der Waals surface area contributed by atoms with Gasteiger partial charge in [0.2, 0.25) is 5.91 Å². The lowest BCUT2D eigenvalue weighted by atomic mass is 10.3. The van der Waals surface area contributed by atoms with Crippen LogP contribution in [0.25, 0.3) is 0 Å². The van der Waals surface area contributed by atoms with Gasteiger partial charge >= 0.3 is 0 Å². The molecule has 0 radical (unpaired) electrons. The maximum atomic E-state index is 11.5. The first kappa shape index (κ1) is 11.5. The van der Waals surface area contributed by atoms with Crippen molar-refractivity contribution in [1.29, 1.82) is 0 Å². The van der Waals surface area contributed by atoms with Gasteiger partial charge in [0.05, 0.1) is 10.7 Å². The Balaban J connectivity index is 2.65. The molecule has 1 unspecified atom stereocenters. The average molecular weight is 233 g/mol. The summed E-state index contributed by atoms with van der Waals surface area (Å²) >= 11 is 7.44. The van der Waals surface area contributed by atoms with E-state index in [0.29, 0.717) is 5.69 Å². The minimum atomic E-state index is -0.678. The number of carbonyl (C=O) groups excluding carboxylic acids is 1. The molecule has 14 heavy (non-hydrogen) atoms. The highest BCUT2D eigenvalue weighted by Gasteiger charge is 2.20. The van der Waals surface area contributed by atoms with Gasteiger partial charge in [0.25, 0.3) is 0 Å². The number of alkyl halides is 1. The smallest absolute Gasteiger partial charge is 0.244 e. The Labute approximate surface area is 92.5 Å². The lowest BCUT2D eigenvalue weighted by molar-refractivity contribution is -0.121. The predicted octanol–water partition coefficient (Wildman–Crippen LogP) is 2.26. The van der Waals surface area contributed by atoms with Crippen molar-refractivity contribution in [1.82, 2.24) is 10.3 Å². The first-order valence-corrected chi connectivity index (χ1v) is 5.68. The van der Waals surface area contributed by atoms with Crippen LogP contribution in [0.15, 0.2) is 5.38 Å². The maximum absolute atomic E-state index is 11.5. The van der Waals surface area contributed by atoms with Gasteiger partial charge in [-0.15, -0.1) is 22.9 Å². The number of aromatic nitrogens is 1. The van der Waals surface area contributed by atoms with Crippen LogP contribution in [-0.4, -0.2) is 16.9 Å². The number of nitrogens with one attached hydrogen (secondary N) is 1. The number of amides is 1. The summed E-state index contributed by atoms with van der Waals surface area (Å²) in [6, 6.07) is 0.100. The zero-order valence-electron chi connectivity index (χ0n) is 8.37. The normalized spacial score (nSPS) is 12.9. The number of thiazole rings is 1. The Morgan fingerprint density at radius 3 is 2.71 bits per heavy atom. The second kappa shape index (κ2) is 4.75. The quantitative estimate of drug-likeness (QED) is 0.813. The van der Waals surface area contributed by atoms with Crippen LogP contribution < -0.4 is 5.32 Å². The lowest BCUT2D eigenvalue weighted by Crippen LogP contribution is -2.32. The molecule has 1 aromatic heterocycles. The minimum absolute atomic E-state index is 0.100. The van der Waals surface area contributed by atoms with Crippen molar-refractivity contribution in [3.05, 3.63) is 16.1 Å². The van der Waals surface area contributed by atoms with Crippen LogP contribution in [0.3, 0.4) is 0 Å². The Morgan fingerprint density at radius 1 is 1.64 bits per heavy atom. The topological polar surface area (TPSA) is 42.0 Å². The molecule has 5 heteroatoms. The minimum Gasteiger partial charge on any atom is -0.352 e. The monoisotopic (exact) mass is 232 g/mol. The largest absolute Gasteiger partial charge is 0.352 e. The van der Waals surface area contributed by atoms with E-state index in [4.69, 9.17) is 11.6 Å². The molecule has 1 heterocycles. The van der Waals surface area contributed by atoms with E-state index in [-0.39, 0.29) is 11.9 Å². The first-order valence-electron chi connectivity index (χ1n) is 4.37. The van der Waals surface area contributed by atoms with Crippen LogP contribution in [0.4, 0.5) is 0 Å². The summed E-state index contributed by atoms with van der Waals surface area (Å²) in [7, 11) is 0. The molecule has 3 nitrogen and oxygen atoms in total. The standard InChI is InChI=1S/C9H13ClN2OS/c1-5(2)11-9(13)8(10)7-4-14-6(3)12-7/h4-5,8H,1-3H3,(H,11,13). The Kier molecular flexibility index (Phi) is 3.89. The van der Waals surface area contributed by atoms with Crippen molar-refractivity contribution < 1.29 is 4.79 Å². The first-order chi connectivity index (χ1) is 6.50. The van der Waals surface area contributed by atoms with Gasteiger partial charge in [-0.1, -0.05) is 0 Å². The van der Waals surface area contributed by atoms with Gasteiger partial charge in [0, 0.05) is 11.4 Å². The van der Waals surface area contributed by atoms with Crippen molar-refractivity contribution in [3.63, 3.8) is 0 Å². The summed E-state index contributed by atoms with van der Waals surface area (Å²) in [5.41, 5.74) is 0.632. The van der Waals surface area contributed by atoms with Crippen molar-refractivity contribution in [2.24, 2.45) is 0 Å². The van der Waals surface area contributed by atoms with E-state index in [1.54, 1.807) is 0 Å². The molecule has 1 aromatic rings. The van der Waals surface area contributed by atoms with Crippen molar-refractivity contribution in [2.45, 2.75) is 32.2 Å². The van der Waals surface area contributed by atoms with Crippen molar-refractivity contribution in [3.8, 4) is 0 Å². The van der Waals surface area contributed by atoms with Gasteiger partial charge in [0.15, 0.2) is 5.38 Å². The number of carbonyl (C=O) groups is 1. The zero-order chi connectivity index (χ0) is 10.7. The third-order valence-corrected chi connectivity index (χ3v) is 2.77. The summed E-state index contributed by atoms with van der Waals surface area (Å²) < 4.78 is 0. The number of rotatable bonds is 3. The zero-order valence-corrected chi connectivity index (χ0v) is 9.95. The molecule has 1 rings (SSSR count). The molecule has 0 aromatic carbocycles. The van der Waals surface area contributed by atoms with Gasteiger partial charge in [0.1, 0.15) is 0 Å². The molecular formula is C9H13ClN2OS. The van der Waals surface area contributed by atoms with Crippen LogP contribution in [0.1, 0.15) is 29.9 Å². The van der Waals surface area contributed by atoms with Crippen LogP contribution in [0, 0.1) is 6.92 Å². The fourth-order valence-electron chi connectivity index (χ4n) is 0.989. The van der Waals surface area contributed by atoms with E-state index < -0.39 is 5.38 Å². The highest BCUT2D eigenvalue weighted by molar-refractivity contribution is 7.09. The fraction of sp³-hybridized carbons (Fsp3) is 0.556. The molecule has 0 bridgehead atoms. The van der Waals surface area contributed by atoms with Gasteiger partial charge in [-0.3, -0.25) is 4.79 Å². The summed E-state index contributed by atoms with van der Waals surface area (Å²) in [5.74, 6) is -0.188. The molecule has 0 aliphatic carbocycles. The molecule has 1 atom stereocenters. The molecular weight excluding hydrogens is 220 g/mol. The second-order valence-corrected chi connectivity index (χ2v) is 4.82. The van der Waals surface area contributed by atoms with Gasteiger partial charge in [-0.05, 0) is 20.8 Å². The molecule has 1 amide bonds. The highest BCUT2D eigenvalue weighted by atomic mass is 35.5. The third kappa shape index (κ3) is 2.96. The molecule has 0 aliphatic rings. The molecule has 0 spiro atoms. The summed E-state index contributed by atoms with van der Waals surface area (Å²) in [4.78, 5) is 15.6. The molecule has 0 fully saturated rings. The van der Waals surface area contributed by atoms with E-state index in [1.165, 1.54) is 11.3 Å². The van der Waals surface area contributed by atoms with E-state index in [0.717, 1.165) is 5.01 Å². The molecule has 0 saturated carbocycles. The molecule has 0 saturated heterocycles. The maximum Gasteiger partial charge on any atom is 0.244 e. The average Bonchev–Trinajstić information content (AvgIpc) is 2.49. The summed E-state index contributed by atoms with van der Waals surface area (Å²) in [6.45, 7) is 5.68. The van der Waals surface area contributed by atoms with Crippen molar-refractivity contribution >= 4 is 28.8 Å². The second-order valence-electron chi connectivity index (χ2n) is 3.32. The number of aryl methyl sites for hydroxylation is 1. The van der Waals surface area contributed by atoms with E-state index >= 15 is 0 Å². The van der Waals surface area contributed by atoms with Crippen LogP contribution in [-0.2, 0) is 4.79 Å². The lowest BCUT2D eigenvalue weighted by Gasteiger charge is -2.10. The third-order valence-electron chi connectivity index (χ3n) is 1.56. The number of hydrogen-bond acceptors (Lipinski definition) is 3. The Bertz CT molecular complexity index is 324. The fourth-order valence-corrected chi connectivity index (χ4v) is 1.88. The summed E-state index contributed by atoms with van der Waals surface area (Å²) in [6.07, 6.45) is 0. The molecule has 78 valence electrons. The van der Waals surface area contributed by atoms with E-state index in [1.807, 2.05) is 26.2 Å².